The monoisotopic (exact) mass is 273 g/mol. The number of aromatic nitrogens is 1. The first kappa shape index (κ1) is 14.7. The van der Waals surface area contributed by atoms with Gasteiger partial charge in [-0.1, -0.05) is 6.92 Å². The summed E-state index contributed by atoms with van der Waals surface area (Å²) < 4.78 is 24.2. The number of nitrogens with one attached hydrogen (secondary N) is 1. The lowest BCUT2D eigenvalue weighted by Crippen LogP contribution is -2.26. The zero-order valence-corrected chi connectivity index (χ0v) is 11.6. The predicted octanol–water partition coefficient (Wildman–Crippen LogP) is 0.856. The van der Waals surface area contributed by atoms with E-state index in [2.05, 4.69) is 5.32 Å². The largest absolute Gasteiger partial charge is 0.351 e. The molecule has 0 aliphatic rings. The van der Waals surface area contributed by atoms with Crippen LogP contribution < -0.4 is 10.5 Å². The number of hydrogen-bond acceptors (Lipinski definition) is 3. The van der Waals surface area contributed by atoms with Gasteiger partial charge < -0.3 is 9.88 Å². The second-order valence-electron chi connectivity index (χ2n) is 4.36. The van der Waals surface area contributed by atoms with Crippen molar-refractivity contribution in [2.45, 2.75) is 38.1 Å². The molecule has 1 amide bonds. The first-order valence-corrected chi connectivity index (χ1v) is 7.34. The molecule has 0 aliphatic carbocycles. The van der Waals surface area contributed by atoms with Crippen LogP contribution in [0.2, 0.25) is 0 Å². The van der Waals surface area contributed by atoms with Crippen molar-refractivity contribution in [3.05, 3.63) is 18.0 Å². The molecule has 0 saturated carbocycles. The van der Waals surface area contributed by atoms with E-state index in [9.17, 15) is 13.2 Å². The molecule has 0 unspecified atom stereocenters. The number of carbonyl (C=O) groups excluding carboxylic acids is 1. The van der Waals surface area contributed by atoms with Crippen LogP contribution in [-0.4, -0.2) is 25.4 Å². The van der Waals surface area contributed by atoms with Crippen LogP contribution in [0.1, 0.15) is 43.7 Å². The van der Waals surface area contributed by atoms with E-state index < -0.39 is 10.0 Å². The van der Waals surface area contributed by atoms with Gasteiger partial charge in [0.25, 0.3) is 5.91 Å². The van der Waals surface area contributed by atoms with Gasteiger partial charge >= 0.3 is 0 Å². The van der Waals surface area contributed by atoms with Gasteiger partial charge in [0.15, 0.2) is 0 Å². The van der Waals surface area contributed by atoms with Gasteiger partial charge in [-0.05, 0) is 26.3 Å². The number of carbonyl (C=O) groups is 1. The van der Waals surface area contributed by atoms with Gasteiger partial charge in [0.05, 0.1) is 0 Å². The Bertz CT molecular complexity index is 532. The smallest absolute Gasteiger partial charge is 0.267 e. The highest BCUT2D eigenvalue weighted by Crippen LogP contribution is 2.17. The first-order chi connectivity index (χ1) is 8.27. The fourth-order valence-electron chi connectivity index (χ4n) is 1.55. The first-order valence-electron chi connectivity index (χ1n) is 5.80. The highest BCUT2D eigenvalue weighted by molar-refractivity contribution is 7.89. The van der Waals surface area contributed by atoms with Crippen molar-refractivity contribution in [3.8, 4) is 0 Å². The molecule has 102 valence electrons. The molecule has 1 aromatic rings. The SMILES string of the molecule is CCCNC(=O)c1cc(S(N)(=O)=O)cn1C(C)C. The lowest BCUT2D eigenvalue weighted by molar-refractivity contribution is 0.0943. The second-order valence-corrected chi connectivity index (χ2v) is 5.92. The summed E-state index contributed by atoms with van der Waals surface area (Å²) in [5, 5.41) is 7.78. The Hall–Kier alpha value is -1.34. The van der Waals surface area contributed by atoms with Crippen LogP contribution in [0.3, 0.4) is 0 Å². The van der Waals surface area contributed by atoms with Crippen molar-refractivity contribution < 1.29 is 13.2 Å². The van der Waals surface area contributed by atoms with Gasteiger partial charge in [0, 0.05) is 18.8 Å². The minimum atomic E-state index is -3.79. The Balaban J connectivity index is 3.17. The fourth-order valence-corrected chi connectivity index (χ4v) is 2.08. The molecular formula is C11H19N3O3S. The maximum Gasteiger partial charge on any atom is 0.267 e. The Morgan fingerprint density at radius 3 is 2.56 bits per heavy atom. The van der Waals surface area contributed by atoms with Crippen LogP contribution in [0.25, 0.3) is 0 Å². The molecule has 1 aromatic heterocycles. The lowest BCUT2D eigenvalue weighted by atomic mass is 10.3. The zero-order valence-electron chi connectivity index (χ0n) is 10.8. The van der Waals surface area contributed by atoms with Crippen molar-refractivity contribution in [1.29, 1.82) is 0 Å². The Kier molecular flexibility index (Phi) is 4.53. The number of nitrogens with zero attached hydrogens (tertiary/aromatic N) is 1. The quantitative estimate of drug-likeness (QED) is 0.833. The fraction of sp³-hybridized carbons (Fsp3) is 0.545. The number of amides is 1. The summed E-state index contributed by atoms with van der Waals surface area (Å²) >= 11 is 0. The van der Waals surface area contributed by atoms with Crippen LogP contribution in [-0.2, 0) is 10.0 Å². The molecular weight excluding hydrogens is 254 g/mol. The van der Waals surface area contributed by atoms with E-state index >= 15 is 0 Å². The third kappa shape index (κ3) is 3.33. The lowest BCUT2D eigenvalue weighted by Gasteiger charge is -2.12. The maximum atomic E-state index is 11.9. The Morgan fingerprint density at radius 1 is 1.50 bits per heavy atom. The topological polar surface area (TPSA) is 94.2 Å². The molecule has 0 atom stereocenters. The van der Waals surface area contributed by atoms with Gasteiger partial charge in [-0.2, -0.15) is 0 Å². The minimum Gasteiger partial charge on any atom is -0.351 e. The molecule has 0 aliphatic heterocycles. The third-order valence-corrected chi connectivity index (χ3v) is 3.36. The van der Waals surface area contributed by atoms with E-state index in [1.165, 1.54) is 12.3 Å². The molecule has 18 heavy (non-hydrogen) atoms. The molecule has 1 rings (SSSR count). The number of rotatable bonds is 5. The summed E-state index contributed by atoms with van der Waals surface area (Å²) in [4.78, 5) is 11.9. The van der Waals surface area contributed by atoms with Gasteiger partial charge in [-0.3, -0.25) is 4.79 Å². The minimum absolute atomic E-state index is 0.0251. The summed E-state index contributed by atoms with van der Waals surface area (Å²) in [5.41, 5.74) is 0.308. The van der Waals surface area contributed by atoms with E-state index in [-0.39, 0.29) is 16.8 Å². The molecule has 6 nitrogen and oxygen atoms in total. The predicted molar refractivity (Wildman–Crippen MR) is 68.8 cm³/mol. The van der Waals surface area contributed by atoms with Gasteiger partial charge in [-0.25, -0.2) is 13.6 Å². The maximum absolute atomic E-state index is 11.9. The van der Waals surface area contributed by atoms with Gasteiger partial charge in [-0.15, -0.1) is 0 Å². The van der Waals surface area contributed by atoms with E-state index in [0.717, 1.165) is 6.42 Å². The molecule has 1 heterocycles. The number of primary sulfonamides is 1. The molecule has 0 aromatic carbocycles. The molecule has 0 spiro atoms. The molecule has 3 N–H and O–H groups in total. The zero-order chi connectivity index (χ0) is 13.9. The summed E-state index contributed by atoms with van der Waals surface area (Å²) in [6.45, 7) is 6.22. The summed E-state index contributed by atoms with van der Waals surface area (Å²) in [5.74, 6) is -0.291. The van der Waals surface area contributed by atoms with Crippen molar-refractivity contribution in [3.63, 3.8) is 0 Å². The van der Waals surface area contributed by atoms with Crippen molar-refractivity contribution >= 4 is 15.9 Å². The van der Waals surface area contributed by atoms with E-state index in [1.807, 2.05) is 20.8 Å². The summed E-state index contributed by atoms with van der Waals surface area (Å²) in [7, 11) is -3.79. The van der Waals surface area contributed by atoms with Crippen LogP contribution in [0.4, 0.5) is 0 Å². The second kappa shape index (κ2) is 5.53. The van der Waals surface area contributed by atoms with Gasteiger partial charge in [0.1, 0.15) is 10.6 Å². The number of sulfonamides is 1. The molecule has 0 radical (unpaired) electrons. The molecule has 0 bridgehead atoms. The average Bonchev–Trinajstić information content (AvgIpc) is 2.70. The number of hydrogen-bond donors (Lipinski definition) is 2. The highest BCUT2D eigenvalue weighted by Gasteiger charge is 2.19. The molecule has 0 fully saturated rings. The normalized spacial score (nSPS) is 11.8. The van der Waals surface area contributed by atoms with E-state index in [0.29, 0.717) is 12.2 Å². The van der Waals surface area contributed by atoms with E-state index in [1.54, 1.807) is 4.57 Å². The number of nitrogens with two attached hydrogens (primary N) is 1. The van der Waals surface area contributed by atoms with Crippen LogP contribution in [0.15, 0.2) is 17.2 Å². The van der Waals surface area contributed by atoms with Crippen molar-refractivity contribution in [1.82, 2.24) is 9.88 Å². The summed E-state index contributed by atoms with van der Waals surface area (Å²) in [6.07, 6.45) is 2.21. The molecule has 0 saturated heterocycles. The Morgan fingerprint density at radius 2 is 2.11 bits per heavy atom. The van der Waals surface area contributed by atoms with Crippen molar-refractivity contribution in [2.24, 2.45) is 5.14 Å². The average molecular weight is 273 g/mol. The third-order valence-electron chi connectivity index (χ3n) is 2.48. The van der Waals surface area contributed by atoms with Crippen LogP contribution >= 0.6 is 0 Å². The van der Waals surface area contributed by atoms with E-state index in [4.69, 9.17) is 5.14 Å². The molecule has 7 heteroatoms. The standard InChI is InChI=1S/C11H19N3O3S/c1-4-5-13-11(15)10-6-9(18(12,16)17)7-14(10)8(2)3/h6-8H,4-5H2,1-3H3,(H,13,15)(H2,12,16,17). The Labute approximate surface area is 107 Å². The van der Waals surface area contributed by atoms with Crippen LogP contribution in [0, 0.1) is 0 Å². The van der Waals surface area contributed by atoms with Gasteiger partial charge in [0.2, 0.25) is 10.0 Å². The summed E-state index contributed by atoms with van der Waals surface area (Å²) in [6, 6.07) is 1.28. The van der Waals surface area contributed by atoms with Crippen LogP contribution in [0.5, 0.6) is 0 Å². The van der Waals surface area contributed by atoms with Crippen molar-refractivity contribution in [2.75, 3.05) is 6.54 Å². The highest BCUT2D eigenvalue weighted by atomic mass is 32.2.